The van der Waals surface area contributed by atoms with Gasteiger partial charge in [0, 0.05) is 6.42 Å². The first kappa shape index (κ1) is 20.6. The molecule has 1 aliphatic rings. The number of carbonyl (C=O) groups is 3. The summed E-state index contributed by atoms with van der Waals surface area (Å²) in [6.45, 7) is 0.232. The number of carboxylic acid groups (broad SMARTS) is 1. The molecule has 3 N–H and O–H groups in total. The van der Waals surface area contributed by atoms with E-state index in [9.17, 15) is 19.5 Å². The lowest BCUT2D eigenvalue weighted by molar-refractivity contribution is -0.152. The molecule has 0 aliphatic heterocycles. The Kier molecular flexibility index (Phi) is 6.69. The zero-order chi connectivity index (χ0) is 20.7. The summed E-state index contributed by atoms with van der Waals surface area (Å²) in [6.07, 6.45) is 6.05. The molecular formula is C22H26N2O5. The minimum Gasteiger partial charge on any atom is -0.481 e. The first-order chi connectivity index (χ1) is 14.0. The van der Waals surface area contributed by atoms with Gasteiger partial charge in [0.05, 0.1) is 29.5 Å². The van der Waals surface area contributed by atoms with Crippen molar-refractivity contribution in [2.24, 2.45) is 5.41 Å². The molecule has 0 atom stereocenters. The predicted octanol–water partition coefficient (Wildman–Crippen LogP) is 3.96. The number of anilines is 1. The monoisotopic (exact) mass is 398 g/mol. The molecule has 2 aromatic rings. The average molecular weight is 398 g/mol. The largest absolute Gasteiger partial charge is 0.481 e. The third-order valence-electron chi connectivity index (χ3n) is 5.46. The lowest BCUT2D eigenvalue weighted by Crippen LogP contribution is -2.35. The number of para-hydroxylation sites is 1. The van der Waals surface area contributed by atoms with Crippen LogP contribution in [0.4, 0.5) is 5.69 Å². The summed E-state index contributed by atoms with van der Waals surface area (Å²) in [5.74, 6) is -1.03. The fourth-order valence-electron chi connectivity index (χ4n) is 3.84. The van der Waals surface area contributed by atoms with Crippen LogP contribution in [0.1, 0.15) is 61.1 Å². The maximum atomic E-state index is 12.7. The lowest BCUT2D eigenvalue weighted by atomic mass is 9.77. The fraction of sp³-hybridized carbons (Fsp3) is 0.409. The van der Waals surface area contributed by atoms with Gasteiger partial charge in [-0.25, -0.2) is 0 Å². The van der Waals surface area contributed by atoms with Gasteiger partial charge in [0.25, 0.3) is 5.91 Å². The molecule has 1 aliphatic carbocycles. The van der Waals surface area contributed by atoms with Crippen LogP contribution in [-0.4, -0.2) is 22.9 Å². The van der Waals surface area contributed by atoms with Crippen LogP contribution in [-0.2, 0) is 16.1 Å². The molecule has 1 aromatic carbocycles. The van der Waals surface area contributed by atoms with Gasteiger partial charge in [0.1, 0.15) is 5.76 Å². The first-order valence-electron chi connectivity index (χ1n) is 9.93. The minimum atomic E-state index is -1.03. The Bertz CT molecular complexity index is 852. The highest BCUT2D eigenvalue weighted by atomic mass is 16.4. The Morgan fingerprint density at radius 1 is 1.00 bits per heavy atom. The Labute approximate surface area is 169 Å². The predicted molar refractivity (Wildman–Crippen MR) is 107 cm³/mol. The number of nitrogens with one attached hydrogen (secondary N) is 2. The molecule has 1 heterocycles. The molecule has 2 amide bonds. The minimum absolute atomic E-state index is 0.0926. The number of carboxylic acids is 1. The molecule has 0 unspecified atom stereocenters. The number of aliphatic carboxylic acids is 1. The number of carbonyl (C=O) groups excluding carboxylic acids is 2. The van der Waals surface area contributed by atoms with E-state index >= 15 is 0 Å². The van der Waals surface area contributed by atoms with Crippen LogP contribution in [0.2, 0.25) is 0 Å². The Morgan fingerprint density at radius 2 is 1.72 bits per heavy atom. The summed E-state index contributed by atoms with van der Waals surface area (Å²) in [4.78, 5) is 37.2. The summed E-state index contributed by atoms with van der Waals surface area (Å²) >= 11 is 0. The average Bonchev–Trinajstić information content (AvgIpc) is 3.11. The zero-order valence-corrected chi connectivity index (χ0v) is 16.3. The van der Waals surface area contributed by atoms with Crippen molar-refractivity contribution in [1.29, 1.82) is 0 Å². The highest BCUT2D eigenvalue weighted by molar-refractivity contribution is 6.04. The van der Waals surface area contributed by atoms with Crippen molar-refractivity contribution >= 4 is 23.5 Å². The van der Waals surface area contributed by atoms with Crippen molar-refractivity contribution in [2.45, 2.75) is 51.5 Å². The van der Waals surface area contributed by atoms with Crippen LogP contribution >= 0.6 is 0 Å². The van der Waals surface area contributed by atoms with Crippen molar-refractivity contribution < 1.29 is 23.9 Å². The maximum Gasteiger partial charge on any atom is 0.310 e. The smallest absolute Gasteiger partial charge is 0.310 e. The van der Waals surface area contributed by atoms with Crippen LogP contribution in [0.25, 0.3) is 0 Å². The molecule has 0 radical (unpaired) electrons. The lowest BCUT2D eigenvalue weighted by Gasteiger charge is -2.27. The second-order valence-electron chi connectivity index (χ2n) is 7.53. The molecule has 0 saturated heterocycles. The number of amides is 2. The van der Waals surface area contributed by atoms with Crippen molar-refractivity contribution in [2.75, 3.05) is 5.32 Å². The Balaban J connectivity index is 1.68. The topological polar surface area (TPSA) is 109 Å². The van der Waals surface area contributed by atoms with Crippen molar-refractivity contribution in [1.82, 2.24) is 5.32 Å². The van der Waals surface area contributed by atoms with Gasteiger partial charge in [0.2, 0.25) is 5.91 Å². The van der Waals surface area contributed by atoms with Gasteiger partial charge in [0.15, 0.2) is 0 Å². The Hall–Kier alpha value is -3.09. The molecule has 1 saturated carbocycles. The number of hydrogen-bond donors (Lipinski definition) is 3. The van der Waals surface area contributed by atoms with Gasteiger partial charge in [-0.05, 0) is 37.1 Å². The molecule has 7 heteroatoms. The van der Waals surface area contributed by atoms with Crippen LogP contribution in [0, 0.1) is 5.41 Å². The van der Waals surface area contributed by atoms with E-state index in [0.29, 0.717) is 29.9 Å². The van der Waals surface area contributed by atoms with E-state index < -0.39 is 11.4 Å². The zero-order valence-electron chi connectivity index (χ0n) is 16.3. The van der Waals surface area contributed by atoms with Crippen molar-refractivity contribution in [3.63, 3.8) is 0 Å². The SMILES string of the molecule is O=C(CC1(C(=O)O)CCCCCC1)Nc1ccccc1C(=O)NCc1ccco1. The summed E-state index contributed by atoms with van der Waals surface area (Å²) in [5.41, 5.74) is -0.349. The van der Waals surface area contributed by atoms with E-state index in [1.165, 1.54) is 6.26 Å². The highest BCUT2D eigenvalue weighted by Gasteiger charge is 2.40. The molecule has 1 fully saturated rings. The van der Waals surface area contributed by atoms with Crippen LogP contribution in [0.5, 0.6) is 0 Å². The Morgan fingerprint density at radius 3 is 2.38 bits per heavy atom. The van der Waals surface area contributed by atoms with Gasteiger partial charge in [-0.1, -0.05) is 37.8 Å². The van der Waals surface area contributed by atoms with Gasteiger partial charge in [-0.2, -0.15) is 0 Å². The molecule has 7 nitrogen and oxygen atoms in total. The van der Waals surface area contributed by atoms with Gasteiger partial charge in [-0.15, -0.1) is 0 Å². The molecule has 29 heavy (non-hydrogen) atoms. The van der Waals surface area contributed by atoms with E-state index in [-0.39, 0.29) is 24.8 Å². The van der Waals surface area contributed by atoms with Crippen LogP contribution in [0.3, 0.4) is 0 Å². The standard InChI is InChI=1S/C22H26N2O5/c25-19(14-22(21(27)28)11-5-1-2-6-12-22)24-18-10-4-3-9-17(18)20(26)23-15-16-8-7-13-29-16/h3-4,7-10,13H,1-2,5-6,11-12,14-15H2,(H,23,26)(H,24,25)(H,27,28). The molecule has 0 bridgehead atoms. The maximum absolute atomic E-state index is 12.7. The second-order valence-corrected chi connectivity index (χ2v) is 7.53. The number of rotatable bonds is 7. The summed E-state index contributed by atoms with van der Waals surface area (Å²) in [7, 11) is 0. The van der Waals surface area contributed by atoms with Gasteiger partial charge < -0.3 is 20.2 Å². The second kappa shape index (κ2) is 9.41. The number of hydrogen-bond acceptors (Lipinski definition) is 4. The summed E-state index contributed by atoms with van der Waals surface area (Å²) in [6, 6.07) is 10.2. The molecule has 3 rings (SSSR count). The van der Waals surface area contributed by atoms with Gasteiger partial charge in [-0.3, -0.25) is 14.4 Å². The number of furan rings is 1. The van der Waals surface area contributed by atoms with E-state index in [1.54, 1.807) is 36.4 Å². The van der Waals surface area contributed by atoms with E-state index in [0.717, 1.165) is 25.7 Å². The van der Waals surface area contributed by atoms with Gasteiger partial charge >= 0.3 is 5.97 Å². The molecule has 1 aromatic heterocycles. The summed E-state index contributed by atoms with van der Waals surface area (Å²) < 4.78 is 5.20. The number of benzene rings is 1. The normalized spacial score (nSPS) is 15.9. The molecule has 0 spiro atoms. The van der Waals surface area contributed by atoms with Crippen molar-refractivity contribution in [3.8, 4) is 0 Å². The van der Waals surface area contributed by atoms with E-state index in [2.05, 4.69) is 10.6 Å². The third kappa shape index (κ3) is 5.25. The quantitative estimate of drug-likeness (QED) is 0.612. The third-order valence-corrected chi connectivity index (χ3v) is 5.46. The molecular weight excluding hydrogens is 372 g/mol. The van der Waals surface area contributed by atoms with E-state index in [1.807, 2.05) is 0 Å². The van der Waals surface area contributed by atoms with Crippen LogP contribution in [0.15, 0.2) is 47.1 Å². The molecule has 154 valence electrons. The fourth-order valence-corrected chi connectivity index (χ4v) is 3.84. The van der Waals surface area contributed by atoms with Crippen LogP contribution < -0.4 is 10.6 Å². The highest BCUT2D eigenvalue weighted by Crippen LogP contribution is 2.38. The first-order valence-corrected chi connectivity index (χ1v) is 9.93. The van der Waals surface area contributed by atoms with E-state index in [4.69, 9.17) is 4.42 Å². The van der Waals surface area contributed by atoms with Crippen molar-refractivity contribution in [3.05, 3.63) is 54.0 Å². The summed E-state index contributed by atoms with van der Waals surface area (Å²) in [5, 5.41) is 15.3.